The van der Waals surface area contributed by atoms with Gasteiger partial charge in [-0.05, 0) is 68.4 Å². The molecule has 8 atom stereocenters. The number of likely N-dealkylation sites (tertiary alicyclic amines) is 1. The number of hydrogen-bond acceptors (Lipinski definition) is 7. The molecule has 268 valence electrons. The van der Waals surface area contributed by atoms with E-state index in [1.807, 2.05) is 44.2 Å². The Morgan fingerprint density at radius 1 is 1.12 bits per heavy atom. The Kier molecular flexibility index (Phi) is 11.9. The highest BCUT2D eigenvalue weighted by atomic mass is 35.5. The van der Waals surface area contributed by atoms with Gasteiger partial charge in [0.2, 0.25) is 11.8 Å². The number of aliphatic hydroxyl groups is 1. The fourth-order valence-electron chi connectivity index (χ4n) is 8.01. The van der Waals surface area contributed by atoms with Crippen LogP contribution in [0.5, 0.6) is 0 Å². The molecule has 2 aromatic carbocycles. The summed E-state index contributed by atoms with van der Waals surface area (Å²) in [6.07, 6.45) is 3.78. The number of amides is 3. The van der Waals surface area contributed by atoms with Crippen molar-refractivity contribution >= 4 is 41.0 Å². The van der Waals surface area contributed by atoms with E-state index in [-0.39, 0.29) is 31.4 Å². The van der Waals surface area contributed by atoms with Crippen molar-refractivity contribution in [2.75, 3.05) is 18.1 Å². The summed E-state index contributed by atoms with van der Waals surface area (Å²) < 4.78 is 12.9. The summed E-state index contributed by atoms with van der Waals surface area (Å²) in [7, 11) is 0. The van der Waals surface area contributed by atoms with Crippen LogP contribution in [0.1, 0.15) is 64.5 Å². The maximum Gasteiger partial charge on any atom is 0.313 e. The minimum Gasteiger partial charge on any atom is -0.455 e. The average molecular weight is 706 g/mol. The first kappa shape index (κ1) is 37.3. The normalized spacial score (nSPS) is 25.5. The van der Waals surface area contributed by atoms with Crippen LogP contribution in [-0.2, 0) is 28.7 Å². The van der Waals surface area contributed by atoms with Gasteiger partial charge >= 0.3 is 5.97 Å². The number of hydrogen-bond donors (Lipinski definition) is 2. The summed E-state index contributed by atoms with van der Waals surface area (Å²) in [5.41, 5.74) is -0.0656. The van der Waals surface area contributed by atoms with Crippen LogP contribution >= 0.6 is 11.6 Å². The number of nitrogens with one attached hydrogen (secondary N) is 1. The molecule has 0 saturated carbocycles. The molecule has 1 spiro atoms. The molecule has 2 aromatic rings. The van der Waals surface area contributed by atoms with Gasteiger partial charge in [0.25, 0.3) is 5.91 Å². The second-order valence-electron chi connectivity index (χ2n) is 13.9. The number of anilines is 1. The fourth-order valence-corrected chi connectivity index (χ4v) is 8.14. The molecule has 3 saturated heterocycles. The zero-order valence-corrected chi connectivity index (χ0v) is 29.8. The first-order chi connectivity index (χ1) is 24.0. The van der Waals surface area contributed by atoms with Gasteiger partial charge in [0.05, 0.1) is 36.6 Å². The number of nitrogens with zero attached hydrogens (tertiary/aromatic N) is 2. The molecule has 0 radical (unpaired) electrons. The largest absolute Gasteiger partial charge is 0.455 e. The fraction of sp³-hybridized carbons (Fsp3) is 0.487. The van der Waals surface area contributed by atoms with E-state index in [9.17, 15) is 24.3 Å². The molecule has 3 amide bonds. The minimum atomic E-state index is -1.31. The van der Waals surface area contributed by atoms with Crippen molar-refractivity contribution in [2.24, 2.45) is 17.8 Å². The van der Waals surface area contributed by atoms with Crippen LogP contribution in [0.3, 0.4) is 0 Å². The summed E-state index contributed by atoms with van der Waals surface area (Å²) >= 11 is 6.17. The van der Waals surface area contributed by atoms with E-state index in [0.717, 1.165) is 0 Å². The third-order valence-electron chi connectivity index (χ3n) is 10.1. The van der Waals surface area contributed by atoms with Crippen LogP contribution in [0, 0.1) is 17.8 Å². The first-order valence-electron chi connectivity index (χ1n) is 17.4. The number of aliphatic hydroxyl groups excluding tert-OH is 1. The zero-order chi connectivity index (χ0) is 36.2. The molecule has 5 rings (SSSR count). The summed E-state index contributed by atoms with van der Waals surface area (Å²) in [5, 5.41) is 14.1. The number of benzene rings is 2. The SMILES string of the molecule is C=CCCC(=O)N[C@@H](C)[C@H](OC(=O)[C@@H]1[C@@H]2CC[C@]3(O2)[C@H](C(=O)N(CC=C)c2ccc(Cl)cc2)N([C@@H](CO)CC(C)C)C(=O)[C@@H]13)c1ccccc1. The number of carbonyl (C=O) groups is 4. The molecule has 0 aliphatic carbocycles. The number of halogens is 1. The molecule has 3 aliphatic heterocycles. The van der Waals surface area contributed by atoms with Crippen LogP contribution in [0.4, 0.5) is 5.69 Å². The lowest BCUT2D eigenvalue weighted by Gasteiger charge is -2.39. The topological polar surface area (TPSA) is 125 Å². The summed E-state index contributed by atoms with van der Waals surface area (Å²) in [4.78, 5) is 59.7. The third-order valence-corrected chi connectivity index (χ3v) is 10.3. The second-order valence-corrected chi connectivity index (χ2v) is 14.4. The number of carbonyl (C=O) groups excluding carboxylic acids is 4. The predicted molar refractivity (Wildman–Crippen MR) is 191 cm³/mol. The van der Waals surface area contributed by atoms with Gasteiger partial charge in [-0.3, -0.25) is 19.2 Å². The summed E-state index contributed by atoms with van der Waals surface area (Å²) in [6.45, 7) is 13.1. The molecule has 11 heteroatoms. The Balaban J connectivity index is 1.52. The molecule has 2 bridgehead atoms. The number of allylic oxidation sites excluding steroid dienone is 1. The van der Waals surface area contributed by atoms with Crippen molar-refractivity contribution in [2.45, 2.75) is 88.8 Å². The van der Waals surface area contributed by atoms with E-state index < -0.39 is 65.6 Å². The molecular formula is C39H48ClN3O7. The molecule has 2 N–H and O–H groups in total. The van der Waals surface area contributed by atoms with E-state index in [0.29, 0.717) is 42.0 Å². The summed E-state index contributed by atoms with van der Waals surface area (Å²) in [5.74, 6) is -3.54. The van der Waals surface area contributed by atoms with Crippen molar-refractivity contribution in [3.05, 3.63) is 90.5 Å². The van der Waals surface area contributed by atoms with Crippen LogP contribution in [0.15, 0.2) is 79.9 Å². The van der Waals surface area contributed by atoms with Crippen molar-refractivity contribution < 1.29 is 33.8 Å². The molecule has 50 heavy (non-hydrogen) atoms. The van der Waals surface area contributed by atoms with Crippen LogP contribution in [0.2, 0.25) is 5.02 Å². The van der Waals surface area contributed by atoms with Gasteiger partial charge in [0, 0.05) is 23.7 Å². The quantitative estimate of drug-likeness (QED) is 0.177. The van der Waals surface area contributed by atoms with Crippen molar-refractivity contribution in [1.29, 1.82) is 0 Å². The van der Waals surface area contributed by atoms with Gasteiger partial charge in [-0.1, -0.05) is 67.9 Å². The van der Waals surface area contributed by atoms with E-state index in [1.54, 1.807) is 48.2 Å². The smallest absolute Gasteiger partial charge is 0.313 e. The Morgan fingerprint density at radius 3 is 2.44 bits per heavy atom. The van der Waals surface area contributed by atoms with Gasteiger partial charge in [-0.15, -0.1) is 13.2 Å². The lowest BCUT2D eigenvalue weighted by atomic mass is 9.70. The molecule has 0 aromatic heterocycles. The monoisotopic (exact) mass is 705 g/mol. The lowest BCUT2D eigenvalue weighted by molar-refractivity contribution is -0.162. The maximum atomic E-state index is 14.8. The Bertz CT molecular complexity index is 1570. The van der Waals surface area contributed by atoms with Gasteiger partial charge in [0.1, 0.15) is 17.7 Å². The molecule has 3 fully saturated rings. The highest BCUT2D eigenvalue weighted by molar-refractivity contribution is 6.30. The van der Waals surface area contributed by atoms with E-state index >= 15 is 0 Å². The standard InChI is InChI=1S/C39H48ClN3O7/c1-6-8-14-31(45)41-25(5)34(26-12-10-9-11-13-26)49-38(48)32-30-19-20-39(50-30)33(32)36(46)43(29(23-44)22-24(3)4)35(39)37(47)42(21-7-2)28-17-15-27(40)16-18-28/h6-7,9-13,15-18,24-25,29-30,32-35,44H,1-2,8,14,19-23H2,3-5H3,(H,41,45)/t25-,29+,30-,32+,33+,34-,35-,39+/m0/s1. The second kappa shape index (κ2) is 15.9. The van der Waals surface area contributed by atoms with Crippen LogP contribution in [-0.4, -0.2) is 76.7 Å². The maximum absolute atomic E-state index is 14.8. The minimum absolute atomic E-state index is 0.0991. The molecular weight excluding hydrogens is 658 g/mol. The van der Waals surface area contributed by atoms with E-state index in [2.05, 4.69) is 18.5 Å². The Hall–Kier alpha value is -3.99. The molecule has 0 unspecified atom stereocenters. The average Bonchev–Trinajstić information content (AvgIpc) is 3.75. The molecule has 3 heterocycles. The van der Waals surface area contributed by atoms with Gasteiger partial charge in [0.15, 0.2) is 0 Å². The highest BCUT2D eigenvalue weighted by Gasteiger charge is 2.75. The van der Waals surface area contributed by atoms with Crippen molar-refractivity contribution in [3.8, 4) is 0 Å². The lowest BCUT2D eigenvalue weighted by Crippen LogP contribution is -2.59. The zero-order valence-electron chi connectivity index (χ0n) is 29.0. The van der Waals surface area contributed by atoms with Gasteiger partial charge in [-0.25, -0.2) is 0 Å². The Labute approximate surface area is 299 Å². The molecule has 3 aliphatic rings. The van der Waals surface area contributed by atoms with Crippen molar-refractivity contribution in [3.63, 3.8) is 0 Å². The number of rotatable bonds is 16. The van der Waals surface area contributed by atoms with Gasteiger partial charge in [-0.2, -0.15) is 0 Å². The van der Waals surface area contributed by atoms with E-state index in [4.69, 9.17) is 21.1 Å². The van der Waals surface area contributed by atoms with Crippen LogP contribution < -0.4 is 10.2 Å². The third kappa shape index (κ3) is 7.24. The highest BCUT2D eigenvalue weighted by Crippen LogP contribution is 2.59. The van der Waals surface area contributed by atoms with Crippen molar-refractivity contribution in [1.82, 2.24) is 10.2 Å². The number of fused-ring (bicyclic) bond motifs is 1. The van der Waals surface area contributed by atoms with E-state index in [1.165, 1.54) is 4.90 Å². The number of ether oxygens (including phenoxy) is 2. The first-order valence-corrected chi connectivity index (χ1v) is 17.8. The van der Waals surface area contributed by atoms with Crippen LogP contribution in [0.25, 0.3) is 0 Å². The van der Waals surface area contributed by atoms with Gasteiger partial charge < -0.3 is 29.7 Å². The summed E-state index contributed by atoms with van der Waals surface area (Å²) in [6, 6.07) is 13.6. The predicted octanol–water partition coefficient (Wildman–Crippen LogP) is 5.40. The number of esters is 1. The molecule has 10 nitrogen and oxygen atoms in total. The Morgan fingerprint density at radius 2 is 1.82 bits per heavy atom.